The minimum atomic E-state index is -0.418. The van der Waals surface area contributed by atoms with Crippen LogP contribution in [-0.4, -0.2) is 34.7 Å². The molecule has 0 aromatic heterocycles. The van der Waals surface area contributed by atoms with E-state index < -0.39 is 10.2 Å². The first kappa shape index (κ1) is 12.3. The molecule has 0 heterocycles. The largest absolute Gasteiger partial charge is 0.268 e. The van der Waals surface area contributed by atoms with Crippen molar-refractivity contribution in [3.05, 3.63) is 0 Å². The molecule has 0 aromatic carbocycles. The predicted molar refractivity (Wildman–Crippen MR) is 62.1 cm³/mol. The molecule has 0 rings (SSSR count). The zero-order valence-electron chi connectivity index (χ0n) is 9.39. The van der Waals surface area contributed by atoms with Gasteiger partial charge >= 0.3 is 0 Å². The third kappa shape index (κ3) is 2.40. The highest BCUT2D eigenvalue weighted by Gasteiger charge is 2.23. The molecule has 0 aliphatic heterocycles. The van der Waals surface area contributed by atoms with Gasteiger partial charge in [0.1, 0.15) is 0 Å². The molecule has 0 bridgehead atoms. The maximum atomic E-state index is 2.69. The van der Waals surface area contributed by atoms with Crippen molar-refractivity contribution < 1.29 is 0 Å². The lowest BCUT2D eigenvalue weighted by atomic mass is 10.7. The highest BCUT2D eigenvalue weighted by molar-refractivity contribution is 8.31. The van der Waals surface area contributed by atoms with Crippen molar-refractivity contribution in [1.29, 1.82) is 0 Å². The molecule has 0 radical (unpaired) electrons. The van der Waals surface area contributed by atoms with Crippen molar-refractivity contribution in [3.63, 3.8) is 0 Å². The van der Waals surface area contributed by atoms with Gasteiger partial charge in [-0.15, -0.1) is 0 Å². The van der Waals surface area contributed by atoms with Gasteiger partial charge < -0.3 is 0 Å². The van der Waals surface area contributed by atoms with Crippen molar-refractivity contribution in [2.45, 2.75) is 34.6 Å². The molecular weight excluding hydrogens is 166 g/mol. The highest BCUT2D eigenvalue weighted by Crippen LogP contribution is 2.49. The lowest BCUT2D eigenvalue weighted by Gasteiger charge is -2.47. The Bertz CT molecular complexity index is 98.1. The summed E-state index contributed by atoms with van der Waals surface area (Å²) >= 11 is 0. The summed E-state index contributed by atoms with van der Waals surface area (Å²) in [6, 6.07) is 0. The topological polar surface area (TPSA) is 3.24 Å². The molecule has 0 spiro atoms. The molecule has 0 aliphatic rings. The molecule has 0 aliphatic carbocycles. The lowest BCUT2D eigenvalue weighted by molar-refractivity contribution is 0.508. The predicted octanol–water partition coefficient (Wildman–Crippen LogP) is 3.11. The van der Waals surface area contributed by atoms with Crippen LogP contribution < -0.4 is 0 Å². The maximum absolute atomic E-state index is 2.69. The molecule has 12 heavy (non-hydrogen) atoms. The van der Waals surface area contributed by atoms with Crippen LogP contribution in [-0.2, 0) is 0 Å². The third-order valence-corrected chi connectivity index (χ3v) is 7.70. The molecule has 0 amide bonds. The first-order chi connectivity index (χ1) is 5.70. The van der Waals surface area contributed by atoms with E-state index in [9.17, 15) is 0 Å². The van der Waals surface area contributed by atoms with E-state index in [0.717, 1.165) is 0 Å². The Morgan fingerprint density at radius 2 is 1.08 bits per heavy atom. The zero-order chi connectivity index (χ0) is 9.61. The fourth-order valence-electron chi connectivity index (χ4n) is 1.93. The maximum Gasteiger partial charge on any atom is 0.00455 e. The Morgan fingerprint density at radius 3 is 1.17 bits per heavy atom. The van der Waals surface area contributed by atoms with Crippen LogP contribution in [0.5, 0.6) is 0 Å². The first-order valence-corrected chi connectivity index (χ1v) is 7.31. The van der Waals surface area contributed by atoms with Crippen molar-refractivity contribution in [2.24, 2.45) is 0 Å². The summed E-state index contributed by atoms with van der Waals surface area (Å²) < 4.78 is 2.69. The van der Waals surface area contributed by atoms with E-state index in [0.29, 0.717) is 0 Å². The van der Waals surface area contributed by atoms with Crippen molar-refractivity contribution in [3.8, 4) is 0 Å². The van der Waals surface area contributed by atoms with Crippen LogP contribution in [0.1, 0.15) is 34.6 Å². The zero-order valence-corrected chi connectivity index (χ0v) is 10.2. The summed E-state index contributed by atoms with van der Waals surface area (Å²) in [5.74, 6) is 4.09. The Kier molecular flexibility index (Phi) is 6.02. The van der Waals surface area contributed by atoms with Gasteiger partial charge in [-0.2, -0.15) is 10.2 Å². The van der Waals surface area contributed by atoms with E-state index in [2.05, 4.69) is 38.9 Å². The van der Waals surface area contributed by atoms with E-state index in [1.807, 2.05) is 0 Å². The highest BCUT2D eigenvalue weighted by atomic mass is 32.3. The minimum absolute atomic E-state index is 0.418. The second-order valence-electron chi connectivity index (χ2n) is 2.98. The van der Waals surface area contributed by atoms with Gasteiger partial charge in [0, 0.05) is 13.1 Å². The second kappa shape index (κ2) is 5.87. The standard InChI is InChI=1S/C10H25NS/c1-6-11(7-2)12(8-3,9-4)10-5/h6-10H2,1-5H3. The fourth-order valence-corrected chi connectivity index (χ4v) is 5.35. The summed E-state index contributed by atoms with van der Waals surface area (Å²) in [6.45, 7) is 14.1. The molecule has 0 N–H and O–H groups in total. The Hall–Kier alpha value is 0.310. The van der Waals surface area contributed by atoms with Gasteiger partial charge in [0.2, 0.25) is 0 Å². The van der Waals surface area contributed by atoms with Gasteiger partial charge in [-0.3, -0.25) is 4.31 Å². The Morgan fingerprint density at radius 1 is 0.750 bits per heavy atom. The normalized spacial score (nSPS) is 13.8. The van der Waals surface area contributed by atoms with Gasteiger partial charge in [-0.05, 0) is 17.3 Å². The van der Waals surface area contributed by atoms with Crippen molar-refractivity contribution >= 4 is 10.2 Å². The number of rotatable bonds is 6. The molecule has 0 saturated heterocycles. The average molecular weight is 191 g/mol. The fraction of sp³-hybridized carbons (Fsp3) is 1.00. The second-order valence-corrected chi connectivity index (χ2v) is 7.23. The van der Waals surface area contributed by atoms with Crippen LogP contribution in [0.4, 0.5) is 0 Å². The van der Waals surface area contributed by atoms with Crippen LogP contribution in [0.2, 0.25) is 0 Å². The van der Waals surface area contributed by atoms with Gasteiger partial charge in [0.05, 0.1) is 0 Å². The number of hydrogen-bond donors (Lipinski definition) is 0. The Balaban J connectivity index is 4.42. The minimum Gasteiger partial charge on any atom is -0.268 e. The first-order valence-electron chi connectivity index (χ1n) is 5.22. The third-order valence-electron chi connectivity index (χ3n) is 2.87. The van der Waals surface area contributed by atoms with Crippen molar-refractivity contribution in [1.82, 2.24) is 4.31 Å². The van der Waals surface area contributed by atoms with Gasteiger partial charge in [-0.1, -0.05) is 34.6 Å². The SMILES string of the molecule is CCN(CC)S(CC)(CC)CC. The molecule has 1 nitrogen and oxygen atoms in total. The molecule has 0 fully saturated rings. The van der Waals surface area contributed by atoms with Crippen LogP contribution >= 0.6 is 10.2 Å². The summed E-state index contributed by atoms with van der Waals surface area (Å²) in [5.41, 5.74) is 0. The van der Waals surface area contributed by atoms with Gasteiger partial charge in [0.25, 0.3) is 0 Å². The van der Waals surface area contributed by atoms with E-state index in [4.69, 9.17) is 0 Å². The summed E-state index contributed by atoms with van der Waals surface area (Å²) in [6.07, 6.45) is 0. The molecule has 0 unspecified atom stereocenters. The summed E-state index contributed by atoms with van der Waals surface area (Å²) in [7, 11) is -0.418. The molecular formula is C10H25NS. The summed E-state index contributed by atoms with van der Waals surface area (Å²) in [4.78, 5) is 0. The van der Waals surface area contributed by atoms with E-state index >= 15 is 0 Å². The monoisotopic (exact) mass is 191 g/mol. The number of hydrogen-bond acceptors (Lipinski definition) is 1. The smallest absolute Gasteiger partial charge is 0.00455 e. The van der Waals surface area contributed by atoms with Crippen LogP contribution in [0.3, 0.4) is 0 Å². The Labute approximate surface area is 80.0 Å². The van der Waals surface area contributed by atoms with Gasteiger partial charge in [0.15, 0.2) is 0 Å². The van der Waals surface area contributed by atoms with E-state index in [1.165, 1.54) is 30.3 Å². The molecule has 0 aromatic rings. The van der Waals surface area contributed by atoms with E-state index in [1.54, 1.807) is 0 Å². The number of nitrogens with zero attached hydrogens (tertiary/aromatic N) is 1. The van der Waals surface area contributed by atoms with Crippen molar-refractivity contribution in [2.75, 3.05) is 30.3 Å². The molecule has 2 heteroatoms. The van der Waals surface area contributed by atoms with E-state index in [-0.39, 0.29) is 0 Å². The summed E-state index contributed by atoms with van der Waals surface area (Å²) in [5, 5.41) is 0. The molecule has 76 valence electrons. The lowest BCUT2D eigenvalue weighted by Crippen LogP contribution is -2.32. The van der Waals surface area contributed by atoms with Crippen LogP contribution in [0.25, 0.3) is 0 Å². The molecule has 0 atom stereocenters. The molecule has 0 saturated carbocycles. The van der Waals surface area contributed by atoms with Gasteiger partial charge in [-0.25, -0.2) is 0 Å². The van der Waals surface area contributed by atoms with Crippen LogP contribution in [0, 0.1) is 0 Å². The average Bonchev–Trinajstić information content (AvgIpc) is 2.14. The quantitative estimate of drug-likeness (QED) is 0.623. The van der Waals surface area contributed by atoms with Crippen LogP contribution in [0.15, 0.2) is 0 Å².